The number of phenolic OH excluding ortho intramolecular Hbond substituents is 1. The van der Waals surface area contributed by atoms with Crippen molar-refractivity contribution in [2.24, 2.45) is 5.10 Å². The van der Waals surface area contributed by atoms with Crippen LogP contribution < -0.4 is 11.2 Å². The third kappa shape index (κ3) is 2.77. The standard InChI is InChI=1S/C13H12N8O3/c1-7-10(16-20-21(7)12-11(14)18-24-19-12)13(23)17-15-6-8-4-2-3-5-9(8)22/h2-6,22H,1H3,(H2,14,18)(H,17,23)/b15-6-. The minimum absolute atomic E-state index is 0.0209. The number of para-hydroxylation sites is 1. The van der Waals surface area contributed by atoms with Gasteiger partial charge in [-0.25, -0.2) is 10.1 Å². The molecule has 1 aromatic carbocycles. The molecule has 2 heterocycles. The van der Waals surface area contributed by atoms with E-state index in [1.165, 1.54) is 17.0 Å². The van der Waals surface area contributed by atoms with Crippen molar-refractivity contribution >= 4 is 17.9 Å². The Kier molecular flexibility index (Phi) is 3.89. The molecule has 24 heavy (non-hydrogen) atoms. The first-order chi connectivity index (χ1) is 11.6. The SMILES string of the molecule is Cc1c(C(=O)N/N=C\c2ccccc2O)nnn1-c1nonc1N. The zero-order valence-corrected chi connectivity index (χ0v) is 12.4. The van der Waals surface area contributed by atoms with Gasteiger partial charge in [0, 0.05) is 5.56 Å². The van der Waals surface area contributed by atoms with E-state index in [9.17, 15) is 9.90 Å². The number of nitrogens with one attached hydrogen (secondary N) is 1. The molecule has 0 atom stereocenters. The van der Waals surface area contributed by atoms with Crippen LogP contribution in [0.25, 0.3) is 5.82 Å². The fourth-order valence-corrected chi connectivity index (χ4v) is 1.89. The number of nitrogen functional groups attached to an aromatic ring is 1. The number of benzene rings is 1. The van der Waals surface area contributed by atoms with Crippen molar-refractivity contribution in [2.45, 2.75) is 6.92 Å². The summed E-state index contributed by atoms with van der Waals surface area (Å²) in [7, 11) is 0. The molecule has 0 bridgehead atoms. The van der Waals surface area contributed by atoms with Crippen LogP contribution in [0.2, 0.25) is 0 Å². The van der Waals surface area contributed by atoms with E-state index in [0.717, 1.165) is 0 Å². The molecule has 0 spiro atoms. The molecule has 4 N–H and O–H groups in total. The number of hydrogen-bond donors (Lipinski definition) is 3. The van der Waals surface area contributed by atoms with Crippen LogP contribution in [0, 0.1) is 6.92 Å². The normalized spacial score (nSPS) is 11.0. The Morgan fingerprint density at radius 3 is 2.92 bits per heavy atom. The zero-order chi connectivity index (χ0) is 17.1. The first-order valence-electron chi connectivity index (χ1n) is 6.70. The highest BCUT2D eigenvalue weighted by molar-refractivity contribution is 5.94. The minimum atomic E-state index is -0.583. The van der Waals surface area contributed by atoms with Gasteiger partial charge in [-0.15, -0.1) is 5.10 Å². The second-order valence-electron chi connectivity index (χ2n) is 4.67. The van der Waals surface area contributed by atoms with E-state index in [-0.39, 0.29) is 23.1 Å². The molecular weight excluding hydrogens is 316 g/mol. The number of nitrogens with zero attached hydrogens (tertiary/aromatic N) is 6. The summed E-state index contributed by atoms with van der Waals surface area (Å²) in [6.07, 6.45) is 1.31. The van der Waals surface area contributed by atoms with Gasteiger partial charge in [0.15, 0.2) is 5.69 Å². The molecule has 11 heteroatoms. The molecule has 3 aromatic rings. The molecule has 1 amide bonds. The summed E-state index contributed by atoms with van der Waals surface area (Å²) >= 11 is 0. The Morgan fingerprint density at radius 2 is 2.21 bits per heavy atom. The van der Waals surface area contributed by atoms with Crippen LogP contribution in [0.1, 0.15) is 21.7 Å². The maximum absolute atomic E-state index is 12.1. The van der Waals surface area contributed by atoms with E-state index < -0.39 is 5.91 Å². The Morgan fingerprint density at radius 1 is 1.42 bits per heavy atom. The second kappa shape index (κ2) is 6.16. The maximum Gasteiger partial charge on any atom is 0.293 e. The van der Waals surface area contributed by atoms with Crippen molar-refractivity contribution < 1.29 is 14.5 Å². The highest BCUT2D eigenvalue weighted by Gasteiger charge is 2.20. The predicted molar refractivity (Wildman–Crippen MR) is 81.5 cm³/mol. The third-order valence-electron chi connectivity index (χ3n) is 3.11. The fraction of sp³-hybridized carbons (Fsp3) is 0.0769. The monoisotopic (exact) mass is 328 g/mol. The fourth-order valence-electron chi connectivity index (χ4n) is 1.89. The number of hydrazone groups is 1. The van der Waals surface area contributed by atoms with Crippen LogP contribution in [0.3, 0.4) is 0 Å². The van der Waals surface area contributed by atoms with Crippen molar-refractivity contribution in [1.82, 2.24) is 30.7 Å². The lowest BCUT2D eigenvalue weighted by Gasteiger charge is -2.00. The average Bonchev–Trinajstić information content (AvgIpc) is 3.14. The molecule has 0 saturated carbocycles. The third-order valence-corrected chi connectivity index (χ3v) is 3.11. The van der Waals surface area contributed by atoms with Gasteiger partial charge >= 0.3 is 0 Å². The van der Waals surface area contributed by atoms with Gasteiger partial charge in [-0.05, 0) is 29.4 Å². The van der Waals surface area contributed by atoms with Crippen molar-refractivity contribution in [1.29, 1.82) is 0 Å². The first-order valence-corrected chi connectivity index (χ1v) is 6.70. The number of hydrogen-bond acceptors (Lipinski definition) is 9. The van der Waals surface area contributed by atoms with Crippen LogP contribution >= 0.6 is 0 Å². The van der Waals surface area contributed by atoms with Gasteiger partial charge in [-0.3, -0.25) is 4.79 Å². The Bertz CT molecular complexity index is 914. The number of nitrogens with two attached hydrogens (primary N) is 1. The van der Waals surface area contributed by atoms with E-state index >= 15 is 0 Å². The lowest BCUT2D eigenvalue weighted by Crippen LogP contribution is -2.19. The highest BCUT2D eigenvalue weighted by atomic mass is 16.6. The Balaban J connectivity index is 1.76. The van der Waals surface area contributed by atoms with Crippen molar-refractivity contribution in [3.05, 3.63) is 41.2 Å². The van der Waals surface area contributed by atoms with E-state index in [1.807, 2.05) is 0 Å². The summed E-state index contributed by atoms with van der Waals surface area (Å²) in [5.74, 6) is -0.378. The maximum atomic E-state index is 12.1. The smallest absolute Gasteiger partial charge is 0.293 e. The van der Waals surface area contributed by atoms with Gasteiger partial charge in [-0.2, -0.15) is 9.78 Å². The van der Waals surface area contributed by atoms with E-state index in [1.54, 1.807) is 25.1 Å². The Labute approximate surface area is 134 Å². The Hall–Kier alpha value is -3.76. The molecule has 0 aliphatic heterocycles. The number of carbonyl (C=O) groups is 1. The number of rotatable bonds is 4. The van der Waals surface area contributed by atoms with Gasteiger partial charge < -0.3 is 10.8 Å². The number of amides is 1. The summed E-state index contributed by atoms with van der Waals surface area (Å²) in [4.78, 5) is 12.1. The molecule has 0 radical (unpaired) electrons. The number of aromatic nitrogens is 5. The van der Waals surface area contributed by atoms with E-state index in [4.69, 9.17) is 5.73 Å². The van der Waals surface area contributed by atoms with Crippen LogP contribution in [-0.4, -0.2) is 42.5 Å². The molecule has 3 rings (SSSR count). The lowest BCUT2D eigenvalue weighted by molar-refractivity contribution is 0.0949. The van der Waals surface area contributed by atoms with Gasteiger partial charge in [0.2, 0.25) is 11.6 Å². The highest BCUT2D eigenvalue weighted by Crippen LogP contribution is 2.15. The topological polar surface area (TPSA) is 157 Å². The summed E-state index contributed by atoms with van der Waals surface area (Å²) in [5, 5.41) is 28.0. The van der Waals surface area contributed by atoms with Crippen molar-refractivity contribution in [2.75, 3.05) is 5.73 Å². The summed E-state index contributed by atoms with van der Waals surface area (Å²) in [6.45, 7) is 1.61. The number of aromatic hydroxyl groups is 1. The minimum Gasteiger partial charge on any atom is -0.507 e. The number of carbonyl (C=O) groups excluding carboxylic acids is 1. The first kappa shape index (κ1) is 15.1. The predicted octanol–water partition coefficient (Wildman–Crippen LogP) is 0.0104. The van der Waals surface area contributed by atoms with Crippen molar-refractivity contribution in [3.8, 4) is 11.6 Å². The van der Waals surface area contributed by atoms with Crippen LogP contribution in [0.5, 0.6) is 5.75 Å². The molecule has 0 aliphatic carbocycles. The molecule has 0 fully saturated rings. The lowest BCUT2D eigenvalue weighted by atomic mass is 10.2. The van der Waals surface area contributed by atoms with E-state index in [0.29, 0.717) is 11.3 Å². The summed E-state index contributed by atoms with van der Waals surface area (Å²) in [6, 6.07) is 6.56. The molecule has 0 saturated heterocycles. The second-order valence-corrected chi connectivity index (χ2v) is 4.67. The largest absolute Gasteiger partial charge is 0.507 e. The van der Waals surface area contributed by atoms with Crippen LogP contribution in [0.15, 0.2) is 34.0 Å². The number of anilines is 1. The average molecular weight is 328 g/mol. The van der Waals surface area contributed by atoms with Gasteiger partial charge in [0.05, 0.1) is 11.9 Å². The van der Waals surface area contributed by atoms with Crippen molar-refractivity contribution in [3.63, 3.8) is 0 Å². The number of phenols is 1. The van der Waals surface area contributed by atoms with Gasteiger partial charge in [0.25, 0.3) is 5.91 Å². The molecule has 2 aromatic heterocycles. The van der Waals surface area contributed by atoms with Gasteiger partial charge in [-0.1, -0.05) is 17.3 Å². The van der Waals surface area contributed by atoms with Gasteiger partial charge in [0.1, 0.15) is 5.75 Å². The molecule has 11 nitrogen and oxygen atoms in total. The van der Waals surface area contributed by atoms with Crippen LogP contribution in [-0.2, 0) is 0 Å². The molecular formula is C13H12N8O3. The van der Waals surface area contributed by atoms with Crippen LogP contribution in [0.4, 0.5) is 5.82 Å². The molecule has 0 aliphatic rings. The quantitative estimate of drug-likeness (QED) is 0.446. The molecule has 0 unspecified atom stereocenters. The van der Waals surface area contributed by atoms with E-state index in [2.05, 4.69) is 35.8 Å². The molecule has 122 valence electrons. The summed E-state index contributed by atoms with van der Waals surface area (Å²) < 4.78 is 5.72. The zero-order valence-electron chi connectivity index (χ0n) is 12.4. The summed E-state index contributed by atoms with van der Waals surface area (Å²) in [5.41, 5.74) is 8.76.